The van der Waals surface area contributed by atoms with E-state index in [1.807, 2.05) is 25.1 Å². The molecule has 29 heavy (non-hydrogen) atoms. The first-order valence-corrected chi connectivity index (χ1v) is 11.0. The van der Waals surface area contributed by atoms with E-state index in [4.69, 9.17) is 16.3 Å². The molecule has 6 nitrogen and oxygen atoms in total. The standard InChI is InChI=1S/C21H20ClN3O3S/c1-13-11-19-23-14(2)21(29(26,27)18-9-7-17(28-3)8-10-18)20(25(19)24-13)15-5-4-6-16(22)12-15/h4-12,20-21H,1-3H3. The Morgan fingerprint density at radius 1 is 1.07 bits per heavy atom. The van der Waals surface area contributed by atoms with E-state index in [0.29, 0.717) is 22.3 Å². The number of fused-ring (bicyclic) bond motifs is 1. The molecule has 2 aromatic carbocycles. The van der Waals surface area contributed by atoms with E-state index in [-0.39, 0.29) is 4.90 Å². The second-order valence-corrected chi connectivity index (χ2v) is 9.49. The highest BCUT2D eigenvalue weighted by atomic mass is 35.5. The molecule has 2 atom stereocenters. The lowest BCUT2D eigenvalue weighted by Gasteiger charge is -2.32. The number of nitrogens with zero attached hydrogens (tertiary/aromatic N) is 3. The van der Waals surface area contributed by atoms with Gasteiger partial charge in [0, 0.05) is 16.8 Å². The molecule has 0 amide bonds. The van der Waals surface area contributed by atoms with Crippen LogP contribution >= 0.6 is 11.6 Å². The maximum Gasteiger partial charge on any atom is 0.189 e. The number of aryl methyl sites for hydroxylation is 1. The predicted molar refractivity (Wildman–Crippen MR) is 113 cm³/mol. The number of benzene rings is 2. The highest BCUT2D eigenvalue weighted by molar-refractivity contribution is 7.92. The molecule has 0 aliphatic carbocycles. The first-order valence-electron chi connectivity index (χ1n) is 9.06. The monoisotopic (exact) mass is 429 g/mol. The van der Waals surface area contributed by atoms with Gasteiger partial charge in [0.2, 0.25) is 0 Å². The van der Waals surface area contributed by atoms with Crippen molar-refractivity contribution in [2.75, 3.05) is 7.11 Å². The van der Waals surface area contributed by atoms with Gasteiger partial charge in [0.1, 0.15) is 17.0 Å². The molecule has 0 bridgehead atoms. The van der Waals surface area contributed by atoms with Crippen molar-refractivity contribution in [3.63, 3.8) is 0 Å². The van der Waals surface area contributed by atoms with Gasteiger partial charge >= 0.3 is 0 Å². The zero-order valence-electron chi connectivity index (χ0n) is 16.2. The maximum atomic E-state index is 13.7. The molecular formula is C21H20ClN3O3S. The van der Waals surface area contributed by atoms with Crippen LogP contribution in [0.2, 0.25) is 5.02 Å². The van der Waals surface area contributed by atoms with Crippen LogP contribution in [0.15, 0.2) is 64.5 Å². The fourth-order valence-electron chi connectivity index (χ4n) is 3.71. The average molecular weight is 430 g/mol. The lowest BCUT2D eigenvalue weighted by atomic mass is 10.00. The normalized spacial score (nSPS) is 18.8. The Morgan fingerprint density at radius 2 is 1.79 bits per heavy atom. The van der Waals surface area contributed by atoms with Crippen LogP contribution in [0.3, 0.4) is 0 Å². The number of rotatable bonds is 4. The Morgan fingerprint density at radius 3 is 2.45 bits per heavy atom. The van der Waals surface area contributed by atoms with Gasteiger partial charge in [0.05, 0.1) is 17.7 Å². The van der Waals surface area contributed by atoms with E-state index in [1.165, 1.54) is 7.11 Å². The molecule has 0 N–H and O–H groups in total. The Hall–Kier alpha value is -2.64. The van der Waals surface area contributed by atoms with Crippen LogP contribution in [0.5, 0.6) is 5.75 Å². The minimum absolute atomic E-state index is 0.206. The fraction of sp³-hybridized carbons (Fsp3) is 0.238. The number of aromatic nitrogens is 2. The Kier molecular flexibility index (Phi) is 4.96. The molecule has 1 aliphatic heterocycles. The highest BCUT2D eigenvalue weighted by Gasteiger charge is 2.43. The zero-order valence-corrected chi connectivity index (χ0v) is 17.8. The van der Waals surface area contributed by atoms with Crippen molar-refractivity contribution in [1.29, 1.82) is 0 Å². The van der Waals surface area contributed by atoms with Crippen molar-refractivity contribution >= 4 is 33.0 Å². The topological polar surface area (TPSA) is 73.6 Å². The van der Waals surface area contributed by atoms with Crippen LogP contribution in [0.1, 0.15) is 24.2 Å². The SMILES string of the molecule is COc1ccc(S(=O)(=O)C2C(C)=Nc3cc(C)nn3C2c2cccc(Cl)c2)cc1. The minimum Gasteiger partial charge on any atom is -0.497 e. The molecule has 2 heterocycles. The summed E-state index contributed by atoms with van der Waals surface area (Å²) in [6.07, 6.45) is 0. The Balaban J connectivity index is 1.91. The van der Waals surface area contributed by atoms with Gasteiger partial charge in [-0.3, -0.25) is 0 Å². The number of aliphatic imine (C=N–C) groups is 1. The summed E-state index contributed by atoms with van der Waals surface area (Å²) in [5.74, 6) is 1.22. The average Bonchev–Trinajstić information content (AvgIpc) is 3.06. The van der Waals surface area contributed by atoms with Crippen LogP contribution in [0.4, 0.5) is 5.82 Å². The van der Waals surface area contributed by atoms with Gasteiger partial charge in [-0.05, 0) is 55.8 Å². The molecule has 0 fully saturated rings. The van der Waals surface area contributed by atoms with Gasteiger partial charge in [0.15, 0.2) is 15.7 Å². The number of sulfone groups is 1. The third-order valence-electron chi connectivity index (χ3n) is 5.00. The van der Waals surface area contributed by atoms with E-state index in [9.17, 15) is 8.42 Å². The van der Waals surface area contributed by atoms with E-state index < -0.39 is 21.1 Å². The van der Waals surface area contributed by atoms with E-state index in [2.05, 4.69) is 10.1 Å². The largest absolute Gasteiger partial charge is 0.497 e. The summed E-state index contributed by atoms with van der Waals surface area (Å²) >= 11 is 6.22. The van der Waals surface area contributed by atoms with Crippen molar-refractivity contribution in [1.82, 2.24) is 9.78 Å². The second kappa shape index (κ2) is 7.31. The van der Waals surface area contributed by atoms with Crippen molar-refractivity contribution < 1.29 is 13.2 Å². The fourth-order valence-corrected chi connectivity index (χ4v) is 5.83. The molecule has 3 aromatic rings. The van der Waals surface area contributed by atoms with Gasteiger partial charge in [-0.1, -0.05) is 23.7 Å². The maximum absolute atomic E-state index is 13.7. The molecular weight excluding hydrogens is 410 g/mol. The second-order valence-electron chi connectivity index (χ2n) is 6.98. The number of ether oxygens (including phenoxy) is 1. The van der Waals surface area contributed by atoms with Crippen molar-refractivity contribution in [2.24, 2.45) is 4.99 Å². The highest BCUT2D eigenvalue weighted by Crippen LogP contribution is 2.39. The van der Waals surface area contributed by atoms with Gasteiger partial charge in [0.25, 0.3) is 0 Å². The van der Waals surface area contributed by atoms with Gasteiger partial charge in [-0.15, -0.1) is 0 Å². The smallest absolute Gasteiger partial charge is 0.189 e. The lowest BCUT2D eigenvalue weighted by molar-refractivity contribution is 0.414. The summed E-state index contributed by atoms with van der Waals surface area (Å²) in [6.45, 7) is 3.60. The molecule has 0 saturated carbocycles. The van der Waals surface area contributed by atoms with E-state index >= 15 is 0 Å². The molecule has 1 aromatic heterocycles. The number of hydrogen-bond donors (Lipinski definition) is 0. The van der Waals surface area contributed by atoms with Gasteiger partial charge in [-0.25, -0.2) is 18.1 Å². The third kappa shape index (κ3) is 3.45. The summed E-state index contributed by atoms with van der Waals surface area (Å²) in [7, 11) is -2.23. The number of hydrogen-bond acceptors (Lipinski definition) is 5. The van der Waals surface area contributed by atoms with Gasteiger partial charge < -0.3 is 4.74 Å². The van der Waals surface area contributed by atoms with E-state index in [0.717, 1.165) is 11.3 Å². The number of halogens is 1. The third-order valence-corrected chi connectivity index (χ3v) is 7.44. The van der Waals surface area contributed by atoms with Crippen molar-refractivity contribution in [2.45, 2.75) is 30.0 Å². The lowest BCUT2D eigenvalue weighted by Crippen LogP contribution is -2.41. The number of methoxy groups -OCH3 is 1. The summed E-state index contributed by atoms with van der Waals surface area (Å²) in [5.41, 5.74) is 2.04. The molecule has 0 spiro atoms. The molecule has 150 valence electrons. The minimum atomic E-state index is -3.77. The molecule has 4 rings (SSSR count). The zero-order chi connectivity index (χ0) is 20.8. The Labute approximate surface area is 174 Å². The van der Waals surface area contributed by atoms with Crippen molar-refractivity contribution in [3.05, 3.63) is 70.9 Å². The van der Waals surface area contributed by atoms with Crippen LogP contribution in [-0.4, -0.2) is 36.3 Å². The van der Waals surface area contributed by atoms with Gasteiger partial charge in [-0.2, -0.15) is 5.10 Å². The summed E-state index contributed by atoms with van der Waals surface area (Å²) in [6, 6.07) is 14.9. The Bertz CT molecular complexity index is 1200. The first-order chi connectivity index (χ1) is 13.8. The molecule has 1 aliphatic rings. The van der Waals surface area contributed by atoms with Crippen LogP contribution < -0.4 is 4.74 Å². The molecule has 0 radical (unpaired) electrons. The summed E-state index contributed by atoms with van der Waals surface area (Å²) < 4.78 is 34.2. The van der Waals surface area contributed by atoms with Crippen LogP contribution in [0, 0.1) is 6.92 Å². The van der Waals surface area contributed by atoms with Crippen LogP contribution in [-0.2, 0) is 9.84 Å². The van der Waals surface area contributed by atoms with Crippen molar-refractivity contribution in [3.8, 4) is 5.75 Å². The molecule has 0 saturated heterocycles. The van der Waals surface area contributed by atoms with Crippen LogP contribution in [0.25, 0.3) is 0 Å². The molecule has 2 unspecified atom stereocenters. The predicted octanol–water partition coefficient (Wildman–Crippen LogP) is 4.39. The van der Waals surface area contributed by atoms with E-state index in [1.54, 1.807) is 48.0 Å². The first kappa shape index (κ1) is 19.7. The molecule has 8 heteroatoms. The summed E-state index contributed by atoms with van der Waals surface area (Å²) in [5, 5.41) is 4.16. The quantitative estimate of drug-likeness (QED) is 0.616. The summed E-state index contributed by atoms with van der Waals surface area (Å²) in [4.78, 5) is 4.76.